The van der Waals surface area contributed by atoms with E-state index >= 15 is 0 Å². The van der Waals surface area contributed by atoms with Crippen LogP contribution >= 0.6 is 0 Å². The molecule has 21 heavy (non-hydrogen) atoms. The molecule has 2 heterocycles. The molecule has 0 atom stereocenters. The molecule has 1 aliphatic rings. The Morgan fingerprint density at radius 1 is 1.00 bits per heavy atom. The second-order valence-corrected chi connectivity index (χ2v) is 5.44. The summed E-state index contributed by atoms with van der Waals surface area (Å²) in [5.74, 6) is 0.654. The monoisotopic (exact) mass is 278 g/mol. The van der Waals surface area contributed by atoms with E-state index in [4.69, 9.17) is 9.15 Å². The third-order valence-electron chi connectivity index (χ3n) is 4.07. The van der Waals surface area contributed by atoms with Crippen molar-refractivity contribution in [3.63, 3.8) is 0 Å². The Balaban J connectivity index is 2.21. The lowest BCUT2D eigenvalue weighted by Crippen LogP contribution is -2.14. The molecule has 0 radical (unpaired) electrons. The quantitative estimate of drug-likeness (QED) is 0.584. The van der Waals surface area contributed by atoms with Gasteiger partial charge in [0.1, 0.15) is 23.5 Å². The van der Waals surface area contributed by atoms with E-state index in [2.05, 4.69) is 0 Å². The molecule has 3 aromatic rings. The number of hydrogen-bond acceptors (Lipinski definition) is 3. The molecular formula is C18H14O3. The summed E-state index contributed by atoms with van der Waals surface area (Å²) in [6.45, 7) is 4.43. The van der Waals surface area contributed by atoms with Gasteiger partial charge in [-0.1, -0.05) is 36.4 Å². The maximum Gasteiger partial charge on any atom is 0.348 e. The van der Waals surface area contributed by atoms with E-state index in [0.717, 1.165) is 27.6 Å². The molecule has 1 aromatic heterocycles. The van der Waals surface area contributed by atoms with E-state index in [1.807, 2.05) is 50.2 Å². The topological polar surface area (TPSA) is 39.4 Å². The molecule has 1 aliphatic heterocycles. The molecule has 3 nitrogen and oxygen atoms in total. The standard InChI is InChI=1S/C18H14O3/c1-10-7-8-11(2)16-14(10)17-15(18(19)21-16)13-6-4-3-5-12(13)9-20-17/h3-8H,9H2,1-2H3. The number of benzene rings is 2. The molecule has 2 aromatic carbocycles. The zero-order valence-electron chi connectivity index (χ0n) is 11.9. The van der Waals surface area contributed by atoms with Crippen molar-refractivity contribution < 1.29 is 9.15 Å². The van der Waals surface area contributed by atoms with Crippen LogP contribution in [-0.4, -0.2) is 0 Å². The molecule has 0 fully saturated rings. The van der Waals surface area contributed by atoms with Crippen LogP contribution in [0.2, 0.25) is 0 Å². The van der Waals surface area contributed by atoms with Crippen LogP contribution in [0, 0.1) is 13.8 Å². The third-order valence-corrected chi connectivity index (χ3v) is 4.07. The molecule has 0 bridgehead atoms. The lowest BCUT2D eigenvalue weighted by Gasteiger charge is -2.21. The van der Waals surface area contributed by atoms with E-state index in [9.17, 15) is 4.79 Å². The van der Waals surface area contributed by atoms with Crippen molar-refractivity contribution in [1.82, 2.24) is 0 Å². The van der Waals surface area contributed by atoms with Gasteiger partial charge < -0.3 is 9.15 Å². The van der Waals surface area contributed by atoms with Crippen molar-refractivity contribution in [3.8, 4) is 16.9 Å². The molecule has 4 rings (SSSR count). The van der Waals surface area contributed by atoms with Crippen LogP contribution in [0.4, 0.5) is 0 Å². The van der Waals surface area contributed by atoms with Gasteiger partial charge in [0, 0.05) is 0 Å². The number of hydrogen-bond donors (Lipinski definition) is 0. The highest BCUT2D eigenvalue weighted by Crippen LogP contribution is 2.41. The van der Waals surface area contributed by atoms with E-state index < -0.39 is 0 Å². The SMILES string of the molecule is Cc1ccc(C)c2c3c(c(=O)oc12)-c1ccccc1CO3. The number of ether oxygens (including phenoxy) is 1. The van der Waals surface area contributed by atoms with Crippen LogP contribution in [0.3, 0.4) is 0 Å². The van der Waals surface area contributed by atoms with Gasteiger partial charge in [0.25, 0.3) is 0 Å². The molecule has 0 aliphatic carbocycles. The van der Waals surface area contributed by atoms with Gasteiger partial charge in [0.15, 0.2) is 0 Å². The molecule has 104 valence electrons. The van der Waals surface area contributed by atoms with Crippen molar-refractivity contribution in [2.45, 2.75) is 20.5 Å². The van der Waals surface area contributed by atoms with Crippen LogP contribution in [0.1, 0.15) is 16.7 Å². The summed E-state index contributed by atoms with van der Waals surface area (Å²) < 4.78 is 11.5. The Morgan fingerprint density at radius 2 is 1.76 bits per heavy atom. The fourth-order valence-electron chi connectivity index (χ4n) is 2.98. The molecular weight excluding hydrogens is 264 g/mol. The maximum atomic E-state index is 12.5. The number of aryl methyl sites for hydroxylation is 2. The minimum Gasteiger partial charge on any atom is -0.487 e. The second-order valence-electron chi connectivity index (χ2n) is 5.44. The Kier molecular flexibility index (Phi) is 2.45. The predicted octanol–water partition coefficient (Wildman–Crippen LogP) is 3.97. The van der Waals surface area contributed by atoms with Gasteiger partial charge in [-0.05, 0) is 36.1 Å². The van der Waals surface area contributed by atoms with Gasteiger partial charge in [-0.3, -0.25) is 0 Å². The normalized spacial score (nSPS) is 12.7. The summed E-state index contributed by atoms with van der Waals surface area (Å²) in [4.78, 5) is 12.5. The largest absolute Gasteiger partial charge is 0.487 e. The third kappa shape index (κ3) is 1.64. The van der Waals surface area contributed by atoms with E-state index in [1.165, 1.54) is 0 Å². The fourth-order valence-corrected chi connectivity index (χ4v) is 2.98. The molecule has 0 unspecified atom stereocenters. The summed E-state index contributed by atoms with van der Waals surface area (Å²) >= 11 is 0. The van der Waals surface area contributed by atoms with Gasteiger partial charge >= 0.3 is 5.63 Å². The minimum absolute atomic E-state index is 0.335. The molecule has 3 heteroatoms. The summed E-state index contributed by atoms with van der Waals surface area (Å²) in [5, 5.41) is 0.902. The number of rotatable bonds is 0. The van der Waals surface area contributed by atoms with E-state index in [1.54, 1.807) is 0 Å². The van der Waals surface area contributed by atoms with Crippen molar-refractivity contribution in [2.24, 2.45) is 0 Å². The van der Waals surface area contributed by atoms with Crippen LogP contribution in [-0.2, 0) is 6.61 Å². The number of fused-ring (bicyclic) bond motifs is 5. The lowest BCUT2D eigenvalue weighted by atomic mass is 9.95. The highest BCUT2D eigenvalue weighted by atomic mass is 16.5. The summed E-state index contributed by atoms with van der Waals surface area (Å²) in [7, 11) is 0. The van der Waals surface area contributed by atoms with Crippen molar-refractivity contribution in [3.05, 3.63) is 63.5 Å². The van der Waals surface area contributed by atoms with Gasteiger partial charge in [0.2, 0.25) is 0 Å². The van der Waals surface area contributed by atoms with E-state index in [0.29, 0.717) is 23.5 Å². The molecule has 0 saturated carbocycles. The average molecular weight is 278 g/mol. The van der Waals surface area contributed by atoms with Gasteiger partial charge in [-0.15, -0.1) is 0 Å². The molecule has 0 amide bonds. The smallest absolute Gasteiger partial charge is 0.348 e. The predicted molar refractivity (Wildman–Crippen MR) is 81.7 cm³/mol. The van der Waals surface area contributed by atoms with E-state index in [-0.39, 0.29) is 5.63 Å². The first-order valence-corrected chi connectivity index (χ1v) is 6.95. The highest BCUT2D eigenvalue weighted by molar-refractivity contribution is 5.95. The zero-order chi connectivity index (χ0) is 14.6. The Labute approximate surface area is 121 Å². The van der Waals surface area contributed by atoms with Crippen molar-refractivity contribution in [2.75, 3.05) is 0 Å². The maximum absolute atomic E-state index is 12.5. The Hall–Kier alpha value is -2.55. The average Bonchev–Trinajstić information content (AvgIpc) is 2.50. The first-order valence-electron chi connectivity index (χ1n) is 6.95. The Bertz CT molecular complexity index is 935. The zero-order valence-corrected chi connectivity index (χ0v) is 11.9. The van der Waals surface area contributed by atoms with Gasteiger partial charge in [-0.2, -0.15) is 0 Å². The summed E-state index contributed by atoms with van der Waals surface area (Å²) in [6, 6.07) is 11.8. The minimum atomic E-state index is -0.335. The molecule has 0 N–H and O–H groups in total. The van der Waals surface area contributed by atoms with Gasteiger partial charge in [0.05, 0.1) is 5.39 Å². The molecule has 0 saturated heterocycles. The van der Waals surface area contributed by atoms with Crippen molar-refractivity contribution >= 4 is 11.0 Å². The highest BCUT2D eigenvalue weighted by Gasteiger charge is 2.25. The van der Waals surface area contributed by atoms with Crippen LogP contribution in [0.5, 0.6) is 5.75 Å². The second kappa shape index (κ2) is 4.22. The van der Waals surface area contributed by atoms with Crippen LogP contribution in [0.15, 0.2) is 45.6 Å². The summed E-state index contributed by atoms with van der Waals surface area (Å²) in [5.41, 5.74) is 4.75. The van der Waals surface area contributed by atoms with Crippen LogP contribution < -0.4 is 10.4 Å². The lowest BCUT2D eigenvalue weighted by molar-refractivity contribution is 0.303. The summed E-state index contributed by atoms with van der Waals surface area (Å²) in [6.07, 6.45) is 0. The Morgan fingerprint density at radius 3 is 2.62 bits per heavy atom. The first-order chi connectivity index (χ1) is 10.2. The fraction of sp³-hybridized carbons (Fsp3) is 0.167. The molecule has 0 spiro atoms. The van der Waals surface area contributed by atoms with Crippen LogP contribution in [0.25, 0.3) is 22.1 Å². The van der Waals surface area contributed by atoms with Gasteiger partial charge in [-0.25, -0.2) is 4.79 Å². The first kappa shape index (κ1) is 12.2. The van der Waals surface area contributed by atoms with Crippen molar-refractivity contribution in [1.29, 1.82) is 0 Å².